The van der Waals surface area contributed by atoms with Gasteiger partial charge in [-0.05, 0) is 62.9 Å². The third-order valence-corrected chi connectivity index (χ3v) is 4.94. The van der Waals surface area contributed by atoms with Crippen LogP contribution in [-0.4, -0.2) is 28.5 Å². The lowest BCUT2D eigenvalue weighted by molar-refractivity contribution is -0.180. The average Bonchev–Trinajstić information content (AvgIpc) is 2.68. The number of hydrogen-bond acceptors (Lipinski definition) is 6. The van der Waals surface area contributed by atoms with Gasteiger partial charge in [-0.25, -0.2) is 0 Å². The van der Waals surface area contributed by atoms with Gasteiger partial charge in [0.05, 0.1) is 11.7 Å². The maximum absolute atomic E-state index is 10.6. The van der Waals surface area contributed by atoms with Crippen LogP contribution in [0.3, 0.4) is 0 Å². The Hall–Kier alpha value is -2.12. The Morgan fingerprint density at radius 3 is 1.93 bits per heavy atom. The number of benzene rings is 2. The molecule has 0 radical (unpaired) electrons. The third-order valence-electron chi connectivity index (χ3n) is 4.94. The van der Waals surface area contributed by atoms with Crippen molar-refractivity contribution in [3.8, 4) is 0 Å². The van der Waals surface area contributed by atoms with Crippen molar-refractivity contribution < 1.29 is 19.7 Å². The zero-order chi connectivity index (χ0) is 21.4. The summed E-state index contributed by atoms with van der Waals surface area (Å²) in [5.41, 5.74) is 13.6. The average molecular weight is 403 g/mol. The van der Waals surface area contributed by atoms with E-state index >= 15 is 0 Å². The molecular formula is C23H34N2O4. The standard InChI is InChI=1S/C23H34N2O4/c1-4-20(21(26)16-6-10-18(24)11-7-16)28-15-5-14-23(2,3)29-22(27)17-8-12-19(25)13-9-17/h6-13,20-22,26-27H,4-5,14-15,24-25H2,1-3H3. The Labute approximate surface area is 173 Å². The lowest BCUT2D eigenvalue weighted by atomic mass is 10.0. The maximum Gasteiger partial charge on any atom is 0.181 e. The molecule has 0 saturated heterocycles. The smallest absolute Gasteiger partial charge is 0.181 e. The van der Waals surface area contributed by atoms with E-state index in [0.29, 0.717) is 36.4 Å². The molecule has 2 aromatic rings. The van der Waals surface area contributed by atoms with Crippen molar-refractivity contribution >= 4 is 11.4 Å². The van der Waals surface area contributed by atoms with E-state index in [9.17, 15) is 10.2 Å². The van der Waals surface area contributed by atoms with Gasteiger partial charge in [0.25, 0.3) is 0 Å². The van der Waals surface area contributed by atoms with Gasteiger partial charge in [0.1, 0.15) is 6.10 Å². The zero-order valence-electron chi connectivity index (χ0n) is 17.5. The highest BCUT2D eigenvalue weighted by atomic mass is 16.6. The molecule has 2 rings (SSSR count). The minimum Gasteiger partial charge on any atom is -0.399 e. The van der Waals surface area contributed by atoms with Crippen molar-refractivity contribution in [2.24, 2.45) is 0 Å². The van der Waals surface area contributed by atoms with Crippen LogP contribution in [-0.2, 0) is 9.47 Å². The van der Waals surface area contributed by atoms with Gasteiger partial charge in [-0.3, -0.25) is 0 Å². The molecule has 6 nitrogen and oxygen atoms in total. The second kappa shape index (κ2) is 10.6. The molecule has 0 aliphatic rings. The Balaban J connectivity index is 1.79. The van der Waals surface area contributed by atoms with Gasteiger partial charge >= 0.3 is 0 Å². The van der Waals surface area contributed by atoms with E-state index < -0.39 is 18.0 Å². The molecule has 3 unspecified atom stereocenters. The summed E-state index contributed by atoms with van der Waals surface area (Å²) in [4.78, 5) is 0. The Kier molecular flexibility index (Phi) is 8.46. The molecule has 3 atom stereocenters. The first-order valence-electron chi connectivity index (χ1n) is 10.1. The van der Waals surface area contributed by atoms with E-state index in [2.05, 4.69) is 0 Å². The van der Waals surface area contributed by atoms with Gasteiger partial charge in [0.15, 0.2) is 6.29 Å². The van der Waals surface area contributed by atoms with E-state index in [1.54, 1.807) is 36.4 Å². The van der Waals surface area contributed by atoms with Gasteiger partial charge in [-0.15, -0.1) is 0 Å². The second-order valence-corrected chi connectivity index (χ2v) is 7.93. The lowest BCUT2D eigenvalue weighted by Crippen LogP contribution is -2.28. The number of nitrogens with two attached hydrogens (primary N) is 2. The van der Waals surface area contributed by atoms with E-state index in [1.165, 1.54) is 0 Å². The number of nitrogen functional groups attached to an aromatic ring is 2. The summed E-state index contributed by atoms with van der Waals surface area (Å²) in [5.74, 6) is 0. The number of rotatable bonds is 11. The van der Waals surface area contributed by atoms with Crippen LogP contribution in [0.25, 0.3) is 0 Å². The number of aliphatic hydroxyl groups is 2. The van der Waals surface area contributed by atoms with Gasteiger partial charge in [0, 0.05) is 23.5 Å². The molecule has 0 amide bonds. The highest BCUT2D eigenvalue weighted by Gasteiger charge is 2.24. The van der Waals surface area contributed by atoms with E-state index in [4.69, 9.17) is 20.9 Å². The van der Waals surface area contributed by atoms with E-state index in [1.807, 2.05) is 32.9 Å². The normalized spacial score (nSPS) is 15.1. The molecule has 0 fully saturated rings. The molecule has 6 N–H and O–H groups in total. The molecule has 6 heteroatoms. The molecular weight excluding hydrogens is 368 g/mol. The van der Waals surface area contributed by atoms with Crippen LogP contribution in [0.2, 0.25) is 0 Å². The van der Waals surface area contributed by atoms with Gasteiger partial charge in [-0.1, -0.05) is 31.2 Å². The summed E-state index contributed by atoms with van der Waals surface area (Å²) in [7, 11) is 0. The topological polar surface area (TPSA) is 111 Å². The van der Waals surface area contributed by atoms with Crippen molar-refractivity contribution in [3.05, 3.63) is 59.7 Å². The Morgan fingerprint density at radius 2 is 1.41 bits per heavy atom. The molecule has 2 aromatic carbocycles. The van der Waals surface area contributed by atoms with Crippen LogP contribution in [0.15, 0.2) is 48.5 Å². The molecule has 0 aromatic heterocycles. The monoisotopic (exact) mass is 402 g/mol. The summed E-state index contributed by atoms with van der Waals surface area (Å²) in [6.07, 6.45) is 0.142. The quantitative estimate of drug-likeness (QED) is 0.257. The van der Waals surface area contributed by atoms with E-state index in [0.717, 1.165) is 12.0 Å². The Bertz CT molecular complexity index is 732. The number of ether oxygens (including phenoxy) is 2. The van der Waals surface area contributed by atoms with Crippen LogP contribution >= 0.6 is 0 Å². The molecule has 0 heterocycles. The van der Waals surface area contributed by atoms with Gasteiger partial charge in [-0.2, -0.15) is 0 Å². The van der Waals surface area contributed by atoms with Gasteiger partial charge < -0.3 is 31.2 Å². The summed E-state index contributed by atoms with van der Waals surface area (Å²) in [6, 6.07) is 14.2. The van der Waals surface area contributed by atoms with E-state index in [-0.39, 0.29) is 6.10 Å². The highest BCUT2D eigenvalue weighted by Crippen LogP contribution is 2.27. The maximum atomic E-state index is 10.6. The Morgan fingerprint density at radius 1 is 0.897 bits per heavy atom. The number of aliphatic hydroxyl groups excluding tert-OH is 2. The zero-order valence-corrected chi connectivity index (χ0v) is 17.5. The largest absolute Gasteiger partial charge is 0.399 e. The first kappa shape index (κ1) is 23.2. The third kappa shape index (κ3) is 7.33. The number of hydrogen-bond donors (Lipinski definition) is 4. The van der Waals surface area contributed by atoms with Crippen LogP contribution in [0.5, 0.6) is 0 Å². The summed E-state index contributed by atoms with van der Waals surface area (Å²) in [5, 5.41) is 20.9. The molecule has 0 saturated carbocycles. The molecule has 0 aliphatic carbocycles. The summed E-state index contributed by atoms with van der Waals surface area (Å²) < 4.78 is 11.7. The number of anilines is 2. The predicted octanol–water partition coefficient (Wildman–Crippen LogP) is 3.95. The van der Waals surface area contributed by atoms with Crippen molar-refractivity contribution in [2.45, 2.75) is 64.1 Å². The molecule has 29 heavy (non-hydrogen) atoms. The lowest BCUT2D eigenvalue weighted by Gasteiger charge is -2.29. The fraction of sp³-hybridized carbons (Fsp3) is 0.478. The minimum absolute atomic E-state index is 0.289. The van der Waals surface area contributed by atoms with Crippen LogP contribution in [0, 0.1) is 0 Å². The first-order chi connectivity index (χ1) is 13.7. The van der Waals surface area contributed by atoms with Crippen molar-refractivity contribution in [3.63, 3.8) is 0 Å². The fourth-order valence-electron chi connectivity index (χ4n) is 3.16. The van der Waals surface area contributed by atoms with Crippen molar-refractivity contribution in [1.29, 1.82) is 0 Å². The summed E-state index contributed by atoms with van der Waals surface area (Å²) >= 11 is 0. The summed E-state index contributed by atoms with van der Waals surface area (Å²) in [6.45, 7) is 6.36. The van der Waals surface area contributed by atoms with Crippen LogP contribution in [0.4, 0.5) is 11.4 Å². The second-order valence-electron chi connectivity index (χ2n) is 7.93. The van der Waals surface area contributed by atoms with Gasteiger partial charge in [0.2, 0.25) is 0 Å². The highest BCUT2D eigenvalue weighted by molar-refractivity contribution is 5.40. The van der Waals surface area contributed by atoms with Crippen LogP contribution < -0.4 is 11.5 Å². The SMILES string of the molecule is CCC(OCCCC(C)(C)OC(O)c1ccc(N)cc1)C(O)c1ccc(N)cc1. The van der Waals surface area contributed by atoms with Crippen molar-refractivity contribution in [1.82, 2.24) is 0 Å². The fourth-order valence-corrected chi connectivity index (χ4v) is 3.16. The molecule has 0 aliphatic heterocycles. The van der Waals surface area contributed by atoms with Crippen molar-refractivity contribution in [2.75, 3.05) is 18.1 Å². The molecule has 0 spiro atoms. The molecule has 160 valence electrons. The van der Waals surface area contributed by atoms with Crippen LogP contribution in [0.1, 0.15) is 63.6 Å². The minimum atomic E-state index is -1.01. The first-order valence-corrected chi connectivity index (χ1v) is 10.1. The predicted molar refractivity (Wildman–Crippen MR) is 116 cm³/mol. The molecule has 0 bridgehead atoms.